The van der Waals surface area contributed by atoms with E-state index in [9.17, 15) is 111 Å². The van der Waals surface area contributed by atoms with Crippen molar-refractivity contribution >= 4 is 43.6 Å². The van der Waals surface area contributed by atoms with Crippen molar-refractivity contribution in [2.75, 3.05) is 0 Å². The molecule has 0 aliphatic rings. The minimum absolute atomic E-state index is 0.0220. The molecule has 0 spiro atoms. The Balaban J connectivity index is 1.25. The maximum atomic E-state index is 16.1. The van der Waals surface area contributed by atoms with Crippen LogP contribution in [0.5, 0.6) is 0 Å². The van der Waals surface area contributed by atoms with E-state index in [-0.39, 0.29) is 81.0 Å². The van der Waals surface area contributed by atoms with Crippen LogP contribution in [-0.4, -0.2) is 9.13 Å². The van der Waals surface area contributed by atoms with Crippen molar-refractivity contribution in [3.8, 4) is 73.1 Å². The molecule has 0 unspecified atom stereocenters. The largest absolute Gasteiger partial charge is 0.417 e. The zero-order chi connectivity index (χ0) is 73.8. The van der Waals surface area contributed by atoms with Gasteiger partial charge in [0.1, 0.15) is 0 Å². The lowest BCUT2D eigenvalue weighted by Gasteiger charge is -2.24. The molecule has 0 saturated carbocycles. The van der Waals surface area contributed by atoms with Crippen LogP contribution in [0.2, 0.25) is 0 Å². The summed E-state index contributed by atoms with van der Waals surface area (Å²) in [6, 6.07) is 19.2. The van der Waals surface area contributed by atoms with Crippen molar-refractivity contribution in [3.05, 3.63) is 237 Å². The van der Waals surface area contributed by atoms with Crippen LogP contribution < -0.4 is 0 Å². The molecule has 12 aromatic rings. The summed E-state index contributed by atoms with van der Waals surface area (Å²) in [4.78, 5) is 0. The van der Waals surface area contributed by atoms with E-state index in [1.54, 1.807) is 6.07 Å². The molecule has 0 radical (unpaired) electrons. The van der Waals surface area contributed by atoms with Crippen LogP contribution in [0, 0.1) is 18.3 Å². The van der Waals surface area contributed by atoms with Gasteiger partial charge < -0.3 is 9.13 Å². The number of nitrogens with zero attached hydrogens (tertiary/aromatic N) is 3. The van der Waals surface area contributed by atoms with Gasteiger partial charge in [-0.2, -0.15) is 124 Å². The first kappa shape index (κ1) is 70.3. The first-order chi connectivity index (χ1) is 46.6. The van der Waals surface area contributed by atoms with Crippen molar-refractivity contribution in [2.45, 2.75) is 62.5 Å². The number of aromatic nitrogens is 2. The highest BCUT2D eigenvalue weighted by Crippen LogP contribution is 2.52. The topological polar surface area (TPSA) is 33.6 Å². The molecule has 520 valence electrons. The van der Waals surface area contributed by atoms with Crippen LogP contribution in [0.15, 0.2) is 176 Å². The van der Waals surface area contributed by atoms with Crippen molar-refractivity contribution in [1.29, 1.82) is 5.26 Å². The van der Waals surface area contributed by atoms with E-state index in [1.807, 2.05) is 0 Å². The SMILES string of the molecule is Cc1cc(C(F)(F)F)ccc1-c1ccc2c(c1)c1cc(-c3ccc(C(F)(F)F)cc3C(F)(F)F)ccc1n2-c1cc(C#N)cc(-n2c3ccc(-c4ccc(C(F)(F)F)cc4C(F)(F)F)cc3c3cc(-c4ccc(C(F)(F)F)cc4C(F)(F)F)ccc32)c1-c1ccc(C(F)(F)F)cc1C(F)(F)F. The van der Waals surface area contributed by atoms with Gasteiger partial charge in [0.05, 0.1) is 95.1 Å². The van der Waals surface area contributed by atoms with Gasteiger partial charge in [0.25, 0.3) is 0 Å². The van der Waals surface area contributed by atoms with E-state index in [0.29, 0.717) is 36.4 Å². The molecule has 0 aliphatic carbocycles. The standard InChI is InChI=1S/C71H32F27N3/c1-32-20-38(63(72,73)74)6-11-43(32)34-2-16-56-48(23-34)49-24-35(44-12-7-39(64(75,76)77)27-52(44)68(87,88)89)3-17-57(49)100(56)60-21-33(31-99)22-61(62(60)47-15-10-42(67(84,85)86)30-55(47)71(96,97)98)101-58-18-4-36(45-13-8-40(65(78,79)80)28-53(45)69(90,91)92)25-50(58)51-26-37(5-19-59(51)101)46-14-9-41(66(81,82)83)29-54(46)70(93,94)95/h2-30H,1H3. The molecule has 0 N–H and O–H groups in total. The summed E-state index contributed by atoms with van der Waals surface area (Å²) in [7, 11) is 0. The van der Waals surface area contributed by atoms with Crippen molar-refractivity contribution in [3.63, 3.8) is 0 Å². The van der Waals surface area contributed by atoms with Crippen LogP contribution >= 0.6 is 0 Å². The van der Waals surface area contributed by atoms with Crippen molar-refractivity contribution in [1.82, 2.24) is 9.13 Å². The lowest BCUT2D eigenvalue weighted by Crippen LogP contribution is -2.14. The van der Waals surface area contributed by atoms with Crippen molar-refractivity contribution < 1.29 is 119 Å². The third-order valence-corrected chi connectivity index (χ3v) is 16.9. The lowest BCUT2D eigenvalue weighted by atomic mass is 9.92. The number of halogens is 27. The number of aryl methyl sites for hydroxylation is 1. The van der Waals surface area contributed by atoms with E-state index < -0.39 is 189 Å². The second-order valence-corrected chi connectivity index (χ2v) is 23.2. The van der Waals surface area contributed by atoms with E-state index >= 15 is 13.2 Å². The first-order valence-corrected chi connectivity index (χ1v) is 28.7. The van der Waals surface area contributed by atoms with Crippen LogP contribution in [-0.2, 0) is 55.6 Å². The highest BCUT2D eigenvalue weighted by Gasteiger charge is 2.44. The Kier molecular flexibility index (Phi) is 16.4. The van der Waals surface area contributed by atoms with Gasteiger partial charge in [0.15, 0.2) is 0 Å². The molecule has 0 aliphatic heterocycles. The van der Waals surface area contributed by atoms with Gasteiger partial charge in [-0.3, -0.25) is 0 Å². The maximum absolute atomic E-state index is 16.1. The van der Waals surface area contributed by atoms with Gasteiger partial charge in [-0.15, -0.1) is 0 Å². The average molecular weight is 1440 g/mol. The number of hydrogen-bond acceptors (Lipinski definition) is 1. The zero-order valence-electron chi connectivity index (χ0n) is 49.8. The van der Waals surface area contributed by atoms with Gasteiger partial charge in [-0.1, -0.05) is 54.6 Å². The summed E-state index contributed by atoms with van der Waals surface area (Å²) < 4.78 is 397. The summed E-state index contributed by atoms with van der Waals surface area (Å²) in [6.07, 6.45) is -49.2. The second kappa shape index (κ2) is 23.5. The first-order valence-electron chi connectivity index (χ1n) is 28.7. The quantitative estimate of drug-likeness (QED) is 0.146. The molecular formula is C71H32F27N3. The van der Waals surface area contributed by atoms with Crippen LogP contribution in [0.1, 0.15) is 61.2 Å². The van der Waals surface area contributed by atoms with Crippen LogP contribution in [0.4, 0.5) is 119 Å². The van der Waals surface area contributed by atoms with Gasteiger partial charge in [0.2, 0.25) is 0 Å². The predicted octanol–water partition coefficient (Wildman–Crippen LogP) is 25.6. The lowest BCUT2D eigenvalue weighted by molar-refractivity contribution is -0.144. The Hall–Kier alpha value is -10.6. The van der Waals surface area contributed by atoms with Crippen molar-refractivity contribution in [2.24, 2.45) is 0 Å². The third-order valence-electron chi connectivity index (χ3n) is 16.9. The molecule has 0 amide bonds. The monoisotopic (exact) mass is 1440 g/mol. The Morgan fingerprint density at radius 3 is 0.743 bits per heavy atom. The van der Waals surface area contributed by atoms with E-state index in [4.69, 9.17) is 0 Å². The minimum Gasteiger partial charge on any atom is -0.308 e. The van der Waals surface area contributed by atoms with Gasteiger partial charge in [-0.05, 0) is 184 Å². The van der Waals surface area contributed by atoms with E-state index in [1.165, 1.54) is 25.1 Å². The Morgan fingerprint density at radius 2 is 0.495 bits per heavy atom. The molecule has 101 heavy (non-hydrogen) atoms. The second-order valence-electron chi connectivity index (χ2n) is 23.2. The summed E-state index contributed by atoms with van der Waals surface area (Å²) >= 11 is 0. The van der Waals surface area contributed by atoms with E-state index in [0.717, 1.165) is 88.0 Å². The molecule has 0 saturated heterocycles. The summed E-state index contributed by atoms with van der Waals surface area (Å²) in [5, 5.41) is 9.62. The zero-order valence-corrected chi connectivity index (χ0v) is 49.8. The van der Waals surface area contributed by atoms with Crippen LogP contribution in [0.25, 0.3) is 111 Å². The normalized spacial score (nSPS) is 13.3. The molecule has 30 heteroatoms. The van der Waals surface area contributed by atoms with E-state index in [2.05, 4.69) is 0 Å². The molecule has 2 heterocycles. The minimum atomic E-state index is -5.86. The van der Waals surface area contributed by atoms with Crippen LogP contribution in [0.3, 0.4) is 0 Å². The molecule has 12 rings (SSSR count). The Labute approximate surface area is 547 Å². The van der Waals surface area contributed by atoms with Gasteiger partial charge >= 0.3 is 55.6 Å². The predicted molar refractivity (Wildman–Crippen MR) is 317 cm³/mol. The number of benzene rings is 10. The Bertz CT molecular complexity index is 5290. The maximum Gasteiger partial charge on any atom is 0.417 e. The molecular weight excluding hydrogens is 1410 g/mol. The fourth-order valence-corrected chi connectivity index (χ4v) is 12.5. The number of rotatable bonds is 7. The van der Waals surface area contributed by atoms with Gasteiger partial charge in [0, 0.05) is 27.1 Å². The number of hydrogen-bond donors (Lipinski definition) is 0. The fraction of sp³-hybridized carbons (Fsp3) is 0.141. The molecule has 10 aromatic carbocycles. The molecule has 0 bridgehead atoms. The summed E-state index contributed by atoms with van der Waals surface area (Å²) in [5.41, 5.74) is -26.5. The average Bonchev–Trinajstić information content (AvgIpc) is 1.58. The summed E-state index contributed by atoms with van der Waals surface area (Å²) in [6.45, 7) is 1.25. The number of alkyl halides is 27. The molecule has 0 fully saturated rings. The smallest absolute Gasteiger partial charge is 0.308 e. The fourth-order valence-electron chi connectivity index (χ4n) is 12.5. The molecule has 2 aromatic heterocycles. The Morgan fingerprint density at radius 1 is 0.257 bits per heavy atom. The molecule has 3 nitrogen and oxygen atoms in total. The summed E-state index contributed by atoms with van der Waals surface area (Å²) in [5.74, 6) is 0. The molecule has 0 atom stereocenters. The number of nitriles is 1. The third kappa shape index (κ3) is 12.9. The highest BCUT2D eigenvalue weighted by atomic mass is 19.4. The number of fused-ring (bicyclic) bond motifs is 6. The van der Waals surface area contributed by atoms with Gasteiger partial charge in [-0.25, -0.2) is 0 Å². The highest BCUT2D eigenvalue weighted by molar-refractivity contribution is 6.15.